The number of esters is 1. The second-order valence-electron chi connectivity index (χ2n) is 2.42. The summed E-state index contributed by atoms with van der Waals surface area (Å²) in [6, 6.07) is 0. The van der Waals surface area contributed by atoms with Crippen LogP contribution in [-0.2, 0) is 23.8 Å². The SMILES string of the molecule is CCOC(=O)C(C)=CS(=O)(=O)OCC.[H-].[Na+]. The molecule has 84 valence electrons. The molecule has 0 rings (SSSR count). The van der Waals surface area contributed by atoms with E-state index in [1.165, 1.54) is 6.92 Å². The maximum Gasteiger partial charge on any atom is 1.00 e. The third-order valence-electron chi connectivity index (χ3n) is 1.20. The number of hydrogen-bond acceptors (Lipinski definition) is 5. The van der Waals surface area contributed by atoms with Crippen LogP contribution in [0.5, 0.6) is 0 Å². The van der Waals surface area contributed by atoms with Crippen molar-refractivity contribution < 1.29 is 53.1 Å². The number of carbonyl (C=O) groups excluding carboxylic acids is 1. The summed E-state index contributed by atoms with van der Waals surface area (Å²) >= 11 is 0. The van der Waals surface area contributed by atoms with Gasteiger partial charge in [0.2, 0.25) is 0 Å². The molecule has 0 saturated carbocycles. The molecule has 0 aliphatic carbocycles. The molecule has 0 aromatic carbocycles. The fraction of sp³-hybridized carbons (Fsp3) is 0.625. The van der Waals surface area contributed by atoms with Crippen LogP contribution in [0.4, 0.5) is 0 Å². The standard InChI is InChI=1S/C8H14O5S.Na.H/c1-4-12-8(9)7(3)6-14(10,11)13-5-2;;/h6H,4-5H2,1-3H3;;/q;+1;-1. The average Bonchev–Trinajstić information content (AvgIpc) is 2.03. The molecular formula is C8H15NaO5S. The number of rotatable bonds is 5. The van der Waals surface area contributed by atoms with E-state index in [2.05, 4.69) is 8.92 Å². The van der Waals surface area contributed by atoms with Crippen molar-refractivity contribution in [2.45, 2.75) is 20.8 Å². The molecule has 0 aromatic heterocycles. The zero-order valence-corrected chi connectivity index (χ0v) is 12.3. The fourth-order valence-corrected chi connectivity index (χ4v) is 1.63. The Balaban J connectivity index is -0.000000845. The topological polar surface area (TPSA) is 69.7 Å². The predicted octanol–water partition coefficient (Wildman–Crippen LogP) is -2.06. The van der Waals surface area contributed by atoms with E-state index in [0.29, 0.717) is 0 Å². The molecule has 0 aliphatic rings. The van der Waals surface area contributed by atoms with Gasteiger partial charge in [-0.15, -0.1) is 0 Å². The Bertz CT molecular complexity index is 325. The molecule has 5 nitrogen and oxygen atoms in total. The minimum atomic E-state index is -3.76. The molecule has 15 heavy (non-hydrogen) atoms. The first-order chi connectivity index (χ1) is 6.43. The van der Waals surface area contributed by atoms with E-state index in [9.17, 15) is 13.2 Å². The van der Waals surface area contributed by atoms with Gasteiger partial charge < -0.3 is 6.16 Å². The van der Waals surface area contributed by atoms with Crippen LogP contribution in [0, 0.1) is 0 Å². The maximum absolute atomic E-state index is 11.0. The van der Waals surface area contributed by atoms with Crippen molar-refractivity contribution in [3.8, 4) is 0 Å². The molecule has 7 heteroatoms. The molecule has 0 saturated heterocycles. The first-order valence-corrected chi connectivity index (χ1v) is 5.65. The quantitative estimate of drug-likeness (QED) is 0.241. The van der Waals surface area contributed by atoms with Crippen LogP contribution in [0.25, 0.3) is 0 Å². The summed E-state index contributed by atoms with van der Waals surface area (Å²) in [5.41, 5.74) is 0.000278. The molecule has 0 radical (unpaired) electrons. The van der Waals surface area contributed by atoms with Gasteiger partial charge in [0.15, 0.2) is 0 Å². The van der Waals surface area contributed by atoms with Gasteiger partial charge in [-0.2, -0.15) is 8.42 Å². The van der Waals surface area contributed by atoms with Crippen LogP contribution in [0.2, 0.25) is 0 Å². The minimum Gasteiger partial charge on any atom is -1.00 e. The van der Waals surface area contributed by atoms with Crippen LogP contribution >= 0.6 is 0 Å². The summed E-state index contributed by atoms with van der Waals surface area (Å²) in [5, 5.41) is 0.758. The minimum absolute atomic E-state index is 0. The smallest absolute Gasteiger partial charge is 1.00 e. The number of hydrogen-bond donors (Lipinski definition) is 0. The predicted molar refractivity (Wildman–Crippen MR) is 52.0 cm³/mol. The molecule has 0 fully saturated rings. The van der Waals surface area contributed by atoms with Gasteiger partial charge in [-0.25, -0.2) is 4.79 Å². The van der Waals surface area contributed by atoms with Gasteiger partial charge in [0.25, 0.3) is 10.1 Å². The van der Waals surface area contributed by atoms with Crippen molar-refractivity contribution in [3.63, 3.8) is 0 Å². The Morgan fingerprint density at radius 2 is 1.87 bits per heavy atom. The molecule has 0 bridgehead atoms. The van der Waals surface area contributed by atoms with Crippen molar-refractivity contribution in [3.05, 3.63) is 11.0 Å². The van der Waals surface area contributed by atoms with Crippen molar-refractivity contribution in [2.75, 3.05) is 13.2 Å². The van der Waals surface area contributed by atoms with E-state index in [0.717, 1.165) is 5.41 Å². The first kappa shape index (κ1) is 17.5. The normalized spacial score (nSPS) is 11.8. The van der Waals surface area contributed by atoms with Crippen molar-refractivity contribution in [1.82, 2.24) is 0 Å². The zero-order chi connectivity index (χ0) is 11.2. The molecule has 0 amide bonds. The summed E-state index contributed by atoms with van der Waals surface area (Å²) in [6.45, 7) is 4.79. The molecule has 0 spiro atoms. The van der Waals surface area contributed by atoms with E-state index in [1.807, 2.05) is 0 Å². The van der Waals surface area contributed by atoms with Gasteiger partial charge in [-0.3, -0.25) is 4.18 Å². The summed E-state index contributed by atoms with van der Waals surface area (Å²) in [5.74, 6) is -0.657. The Hall–Kier alpha value is 0.120. The van der Waals surface area contributed by atoms with E-state index < -0.39 is 16.1 Å². The third-order valence-corrected chi connectivity index (χ3v) is 2.41. The molecule has 0 aliphatic heterocycles. The Labute approximate surface area is 114 Å². The van der Waals surface area contributed by atoms with Crippen LogP contribution in [0.15, 0.2) is 11.0 Å². The monoisotopic (exact) mass is 246 g/mol. The average molecular weight is 246 g/mol. The van der Waals surface area contributed by atoms with Gasteiger partial charge in [0.05, 0.1) is 18.6 Å². The van der Waals surface area contributed by atoms with Crippen LogP contribution in [0.1, 0.15) is 22.2 Å². The van der Waals surface area contributed by atoms with Crippen molar-refractivity contribution in [1.29, 1.82) is 0 Å². The van der Waals surface area contributed by atoms with Crippen molar-refractivity contribution in [2.24, 2.45) is 0 Å². The summed E-state index contributed by atoms with van der Waals surface area (Å²) in [7, 11) is -3.76. The van der Waals surface area contributed by atoms with Gasteiger partial charge in [-0.05, 0) is 20.8 Å². The van der Waals surface area contributed by atoms with Gasteiger partial charge in [-0.1, -0.05) is 0 Å². The summed E-state index contributed by atoms with van der Waals surface area (Å²) < 4.78 is 31.1. The number of carbonyl (C=O) groups is 1. The van der Waals surface area contributed by atoms with E-state index in [1.54, 1.807) is 13.8 Å². The molecule has 0 heterocycles. The molecular weight excluding hydrogens is 231 g/mol. The van der Waals surface area contributed by atoms with Gasteiger partial charge in [0.1, 0.15) is 0 Å². The zero-order valence-electron chi connectivity index (χ0n) is 10.4. The molecule has 0 atom stereocenters. The largest absolute Gasteiger partial charge is 1.00 e. The number of ether oxygens (including phenoxy) is 1. The maximum atomic E-state index is 11.0. The van der Waals surface area contributed by atoms with E-state index >= 15 is 0 Å². The van der Waals surface area contributed by atoms with Crippen molar-refractivity contribution >= 4 is 16.1 Å². The Morgan fingerprint density at radius 3 is 2.27 bits per heavy atom. The first-order valence-electron chi connectivity index (χ1n) is 4.17. The summed E-state index contributed by atoms with van der Waals surface area (Å²) in [4.78, 5) is 11.0. The van der Waals surface area contributed by atoms with E-state index in [4.69, 9.17) is 0 Å². The van der Waals surface area contributed by atoms with Crippen LogP contribution < -0.4 is 29.6 Å². The van der Waals surface area contributed by atoms with E-state index in [-0.39, 0.29) is 49.8 Å². The Morgan fingerprint density at radius 1 is 1.33 bits per heavy atom. The molecule has 0 N–H and O–H groups in total. The van der Waals surface area contributed by atoms with Gasteiger partial charge >= 0.3 is 35.5 Å². The second kappa shape index (κ2) is 8.29. The van der Waals surface area contributed by atoms with Crippen LogP contribution in [0.3, 0.4) is 0 Å². The van der Waals surface area contributed by atoms with Gasteiger partial charge in [0, 0.05) is 5.57 Å². The summed E-state index contributed by atoms with van der Waals surface area (Å²) in [6.07, 6.45) is 0. The Kier molecular flexibility index (Phi) is 9.68. The molecule has 0 unspecified atom stereocenters. The second-order valence-corrected chi connectivity index (χ2v) is 3.88. The van der Waals surface area contributed by atoms with Crippen LogP contribution in [-0.4, -0.2) is 27.6 Å². The molecule has 0 aromatic rings. The third kappa shape index (κ3) is 7.98. The fourth-order valence-electron chi connectivity index (χ4n) is 0.708.